The fraction of sp³-hybridized carbons (Fsp3) is 0.667. The Morgan fingerprint density at radius 2 is 2.42 bits per heavy atom. The van der Waals surface area contributed by atoms with E-state index in [1.807, 2.05) is 13.1 Å². The Kier molecular flexibility index (Phi) is 1.89. The van der Waals surface area contributed by atoms with Gasteiger partial charge in [-0.15, -0.1) is 0 Å². The van der Waals surface area contributed by atoms with Crippen molar-refractivity contribution in [1.82, 2.24) is 10.2 Å². The molecule has 1 aromatic heterocycles. The maximum atomic E-state index is 5.82. The van der Waals surface area contributed by atoms with Gasteiger partial charge in [0.15, 0.2) is 0 Å². The molecule has 0 spiro atoms. The lowest BCUT2D eigenvalue weighted by Crippen LogP contribution is -2.14. The van der Waals surface area contributed by atoms with Gasteiger partial charge in [-0.1, -0.05) is 6.42 Å². The zero-order chi connectivity index (χ0) is 8.55. The van der Waals surface area contributed by atoms with Gasteiger partial charge in [0.25, 0.3) is 0 Å². The summed E-state index contributed by atoms with van der Waals surface area (Å²) < 4.78 is 0. The average molecular weight is 165 g/mol. The molecule has 1 saturated carbocycles. The first-order valence-corrected chi connectivity index (χ1v) is 4.58. The van der Waals surface area contributed by atoms with Crippen LogP contribution in [-0.4, -0.2) is 10.2 Å². The Labute approximate surface area is 72.4 Å². The smallest absolute Gasteiger partial charge is 0.0537 e. The molecule has 3 nitrogen and oxygen atoms in total. The van der Waals surface area contributed by atoms with Crippen LogP contribution in [0.3, 0.4) is 0 Å². The molecule has 66 valence electrons. The van der Waals surface area contributed by atoms with Gasteiger partial charge in [0.2, 0.25) is 0 Å². The van der Waals surface area contributed by atoms with Gasteiger partial charge in [0, 0.05) is 23.2 Å². The second kappa shape index (κ2) is 2.90. The molecule has 0 aliphatic heterocycles. The number of nitrogens with two attached hydrogens (primary N) is 1. The summed E-state index contributed by atoms with van der Waals surface area (Å²) in [5, 5.41) is 7.10. The van der Waals surface area contributed by atoms with E-state index in [1.165, 1.54) is 30.5 Å². The first kappa shape index (κ1) is 7.80. The summed E-state index contributed by atoms with van der Waals surface area (Å²) in [6, 6.07) is 0.111. The number of H-pyrrole nitrogens is 1. The van der Waals surface area contributed by atoms with Crippen molar-refractivity contribution in [2.75, 3.05) is 0 Å². The van der Waals surface area contributed by atoms with Crippen LogP contribution in [0.5, 0.6) is 0 Å². The van der Waals surface area contributed by atoms with Crippen LogP contribution in [0.2, 0.25) is 0 Å². The van der Waals surface area contributed by atoms with E-state index in [0.717, 1.165) is 0 Å². The monoisotopic (exact) mass is 165 g/mol. The van der Waals surface area contributed by atoms with Gasteiger partial charge in [0.1, 0.15) is 0 Å². The largest absolute Gasteiger partial charge is 0.324 e. The normalized spacial score (nSPS) is 20.5. The van der Waals surface area contributed by atoms with Gasteiger partial charge in [-0.3, -0.25) is 5.10 Å². The molecule has 1 unspecified atom stereocenters. The molecule has 0 saturated heterocycles. The van der Waals surface area contributed by atoms with Gasteiger partial charge < -0.3 is 5.73 Å². The predicted molar refractivity (Wildman–Crippen MR) is 47.8 cm³/mol. The van der Waals surface area contributed by atoms with Crippen LogP contribution in [0.4, 0.5) is 0 Å². The summed E-state index contributed by atoms with van der Waals surface area (Å²) in [4.78, 5) is 0. The van der Waals surface area contributed by atoms with Crippen LogP contribution in [0.15, 0.2) is 6.20 Å². The highest BCUT2D eigenvalue weighted by atomic mass is 15.1. The summed E-state index contributed by atoms with van der Waals surface area (Å²) >= 11 is 0. The number of rotatable bonds is 2. The topological polar surface area (TPSA) is 54.7 Å². The number of hydrogen-bond donors (Lipinski definition) is 2. The van der Waals surface area contributed by atoms with Crippen LogP contribution in [0.25, 0.3) is 0 Å². The molecule has 1 heterocycles. The molecule has 0 bridgehead atoms. The van der Waals surface area contributed by atoms with Gasteiger partial charge in [-0.25, -0.2) is 0 Å². The van der Waals surface area contributed by atoms with Crippen molar-refractivity contribution >= 4 is 0 Å². The average Bonchev–Trinajstić information content (AvgIpc) is 2.31. The van der Waals surface area contributed by atoms with Crippen molar-refractivity contribution in [2.45, 2.75) is 38.1 Å². The standard InChI is InChI=1S/C9H15N3/c1-6(10)8-5-11-12-9(8)7-3-2-4-7/h5-7H,2-4,10H2,1H3,(H,11,12). The molecule has 1 atom stereocenters. The maximum Gasteiger partial charge on any atom is 0.0537 e. The quantitative estimate of drug-likeness (QED) is 0.700. The molecule has 1 aliphatic carbocycles. The third-order valence-electron chi connectivity index (χ3n) is 2.70. The van der Waals surface area contributed by atoms with E-state index in [1.54, 1.807) is 0 Å². The molecule has 1 fully saturated rings. The van der Waals surface area contributed by atoms with Crippen molar-refractivity contribution in [1.29, 1.82) is 0 Å². The maximum absolute atomic E-state index is 5.82. The highest BCUT2D eigenvalue weighted by molar-refractivity contribution is 5.24. The number of hydrogen-bond acceptors (Lipinski definition) is 2. The van der Waals surface area contributed by atoms with Crippen molar-refractivity contribution in [2.24, 2.45) is 5.73 Å². The molecule has 3 heteroatoms. The van der Waals surface area contributed by atoms with E-state index in [0.29, 0.717) is 5.92 Å². The number of nitrogens with zero attached hydrogens (tertiary/aromatic N) is 1. The molecular formula is C9H15N3. The van der Waals surface area contributed by atoms with E-state index in [2.05, 4.69) is 10.2 Å². The number of nitrogens with one attached hydrogen (secondary N) is 1. The second-order valence-corrected chi connectivity index (χ2v) is 3.66. The minimum Gasteiger partial charge on any atom is -0.324 e. The second-order valence-electron chi connectivity index (χ2n) is 3.66. The first-order valence-electron chi connectivity index (χ1n) is 4.58. The van der Waals surface area contributed by atoms with E-state index in [9.17, 15) is 0 Å². The summed E-state index contributed by atoms with van der Waals surface area (Å²) in [6.07, 6.45) is 5.80. The van der Waals surface area contributed by atoms with Gasteiger partial charge >= 0.3 is 0 Å². The zero-order valence-electron chi connectivity index (χ0n) is 7.38. The third-order valence-corrected chi connectivity index (χ3v) is 2.70. The predicted octanol–water partition coefficient (Wildman–Crippen LogP) is 1.70. The van der Waals surface area contributed by atoms with Crippen LogP contribution in [-0.2, 0) is 0 Å². The van der Waals surface area contributed by atoms with Crippen LogP contribution in [0, 0.1) is 0 Å². The molecule has 2 rings (SSSR count). The number of aromatic nitrogens is 2. The van der Waals surface area contributed by atoms with Gasteiger partial charge in [-0.2, -0.15) is 5.10 Å². The summed E-state index contributed by atoms with van der Waals surface area (Å²) in [5.74, 6) is 0.702. The summed E-state index contributed by atoms with van der Waals surface area (Å²) in [5.41, 5.74) is 8.28. The SMILES string of the molecule is CC(N)c1cn[nH]c1C1CCC1. The minimum atomic E-state index is 0.111. The van der Waals surface area contributed by atoms with Crippen molar-refractivity contribution < 1.29 is 0 Å². The van der Waals surface area contributed by atoms with E-state index in [-0.39, 0.29) is 6.04 Å². The Balaban J connectivity index is 2.23. The van der Waals surface area contributed by atoms with E-state index >= 15 is 0 Å². The lowest BCUT2D eigenvalue weighted by molar-refractivity contribution is 0.407. The molecule has 1 aromatic rings. The van der Waals surface area contributed by atoms with Crippen LogP contribution < -0.4 is 5.73 Å². The molecule has 1 aliphatic rings. The Hall–Kier alpha value is -0.830. The molecule has 3 N–H and O–H groups in total. The molecule has 0 aromatic carbocycles. The molecular weight excluding hydrogens is 150 g/mol. The number of aromatic amines is 1. The minimum absolute atomic E-state index is 0.111. The highest BCUT2D eigenvalue weighted by Crippen LogP contribution is 2.37. The Morgan fingerprint density at radius 1 is 1.67 bits per heavy atom. The third kappa shape index (κ3) is 1.14. The van der Waals surface area contributed by atoms with Crippen LogP contribution in [0.1, 0.15) is 49.4 Å². The fourth-order valence-electron chi connectivity index (χ4n) is 1.69. The summed E-state index contributed by atoms with van der Waals surface area (Å²) in [7, 11) is 0. The first-order chi connectivity index (χ1) is 5.79. The molecule has 0 amide bonds. The Morgan fingerprint density at radius 3 is 2.92 bits per heavy atom. The summed E-state index contributed by atoms with van der Waals surface area (Å²) in [6.45, 7) is 2.01. The zero-order valence-corrected chi connectivity index (χ0v) is 7.38. The molecule has 12 heavy (non-hydrogen) atoms. The molecule has 0 radical (unpaired) electrons. The van der Waals surface area contributed by atoms with Crippen molar-refractivity contribution in [3.63, 3.8) is 0 Å². The van der Waals surface area contributed by atoms with Gasteiger partial charge in [0.05, 0.1) is 6.20 Å². The lowest BCUT2D eigenvalue weighted by Gasteiger charge is -2.25. The van der Waals surface area contributed by atoms with Crippen LogP contribution >= 0.6 is 0 Å². The lowest BCUT2D eigenvalue weighted by atomic mass is 9.81. The highest BCUT2D eigenvalue weighted by Gasteiger charge is 2.24. The van der Waals surface area contributed by atoms with Gasteiger partial charge in [-0.05, 0) is 19.8 Å². The van der Waals surface area contributed by atoms with E-state index in [4.69, 9.17) is 5.73 Å². The van der Waals surface area contributed by atoms with E-state index < -0.39 is 0 Å². The van der Waals surface area contributed by atoms with Crippen molar-refractivity contribution in [3.8, 4) is 0 Å². The Bertz CT molecular complexity index is 260. The van der Waals surface area contributed by atoms with Crippen molar-refractivity contribution in [3.05, 3.63) is 17.5 Å². The fourth-order valence-corrected chi connectivity index (χ4v) is 1.69.